The van der Waals surface area contributed by atoms with Gasteiger partial charge in [0.25, 0.3) is 0 Å². The van der Waals surface area contributed by atoms with Crippen LogP contribution in [0.25, 0.3) is 25.1 Å². The maximum atomic E-state index is 4.39. The summed E-state index contributed by atoms with van der Waals surface area (Å²) in [5.41, 5.74) is 0. The quantitative estimate of drug-likeness (QED) is 0.282. The Labute approximate surface area is 139 Å². The fraction of sp³-hybridized carbons (Fsp3) is 0.100. The van der Waals surface area contributed by atoms with Gasteiger partial charge in [0.05, 0.1) is 0 Å². The van der Waals surface area contributed by atoms with Crippen molar-refractivity contribution in [3.63, 3.8) is 0 Å². The van der Waals surface area contributed by atoms with Crippen LogP contribution in [0.5, 0.6) is 0 Å². The number of thiol groups is 1. The van der Waals surface area contributed by atoms with Gasteiger partial charge >= 0.3 is 0 Å². The van der Waals surface area contributed by atoms with Crippen LogP contribution in [0.15, 0.2) is 77.7 Å². The number of thiophene rings is 1. The van der Waals surface area contributed by atoms with Crippen molar-refractivity contribution in [1.29, 1.82) is 0 Å². The Balaban J connectivity index is 0.000000693. The van der Waals surface area contributed by atoms with Gasteiger partial charge in [0.2, 0.25) is 0 Å². The molecule has 110 valence electrons. The van der Waals surface area contributed by atoms with Crippen molar-refractivity contribution in [2.75, 3.05) is 0 Å². The van der Waals surface area contributed by atoms with E-state index in [1.807, 2.05) is 13.8 Å². The highest BCUT2D eigenvalue weighted by molar-refractivity contribution is 7.80. The summed E-state index contributed by atoms with van der Waals surface area (Å²) in [5, 5.41) is 2.75. The lowest BCUT2D eigenvalue weighted by molar-refractivity contribution is 1.50. The molecule has 0 saturated heterocycles. The minimum atomic E-state index is 0.0172. The summed E-state index contributed by atoms with van der Waals surface area (Å²) >= 11 is 4.39. The molecule has 0 aliphatic rings. The Morgan fingerprint density at radius 1 is 0.636 bits per heavy atom. The Kier molecular flexibility index (Phi) is 4.51. The van der Waals surface area contributed by atoms with E-state index in [4.69, 9.17) is 0 Å². The zero-order chi connectivity index (χ0) is 15.5. The molecular weight excluding hydrogens is 304 g/mol. The Morgan fingerprint density at radius 2 is 1.09 bits per heavy atom. The van der Waals surface area contributed by atoms with E-state index in [1.54, 1.807) is 0 Å². The monoisotopic (exact) mass is 323 g/mol. The highest BCUT2D eigenvalue weighted by Crippen LogP contribution is 2.48. The zero-order valence-corrected chi connectivity index (χ0v) is 14.5. The number of hydrogen-bond donors (Lipinski definition) is 1. The molecule has 0 radical (unpaired) electrons. The van der Waals surface area contributed by atoms with E-state index in [9.17, 15) is 0 Å². The maximum Gasteiger partial charge on any atom is 0.187 e. The predicted molar refractivity (Wildman–Crippen MR) is 104 cm³/mol. The van der Waals surface area contributed by atoms with E-state index >= 15 is 0 Å². The van der Waals surface area contributed by atoms with E-state index < -0.39 is 0 Å². The van der Waals surface area contributed by atoms with E-state index in [0.29, 0.717) is 0 Å². The standard InChI is InChI=1S/C18H12S2.C2H6/c19-13-9-11-14(12-10-13)20-17-7-3-1-5-15(17)16-6-2-4-8-18(16)20;1-2/h1-12H;1-2H3/p+1. The third kappa shape index (κ3) is 2.53. The normalized spacial score (nSPS) is 10.5. The second-order valence-electron chi connectivity index (χ2n) is 4.79. The number of rotatable bonds is 1. The first-order valence-electron chi connectivity index (χ1n) is 7.56. The minimum absolute atomic E-state index is 0.0172. The predicted octanol–water partition coefficient (Wildman–Crippen LogP) is 7.05. The molecule has 0 unspecified atom stereocenters. The van der Waals surface area contributed by atoms with E-state index in [2.05, 4.69) is 85.4 Å². The second-order valence-corrected chi connectivity index (χ2v) is 7.27. The van der Waals surface area contributed by atoms with Gasteiger partial charge in [-0.2, -0.15) is 0 Å². The van der Waals surface area contributed by atoms with Crippen LogP contribution in [-0.2, 0) is 0 Å². The summed E-state index contributed by atoms with van der Waals surface area (Å²) in [5.74, 6) is 0. The highest BCUT2D eigenvalue weighted by Gasteiger charge is 2.22. The van der Waals surface area contributed by atoms with E-state index in [0.717, 1.165) is 4.90 Å². The summed E-state index contributed by atoms with van der Waals surface area (Å²) in [6.07, 6.45) is 0. The van der Waals surface area contributed by atoms with Gasteiger partial charge in [-0.25, -0.2) is 0 Å². The third-order valence-corrected chi connectivity index (χ3v) is 6.21. The third-order valence-electron chi connectivity index (χ3n) is 3.58. The molecule has 22 heavy (non-hydrogen) atoms. The molecule has 4 rings (SSSR count). The number of fused-ring (bicyclic) bond motifs is 3. The van der Waals surface area contributed by atoms with Gasteiger partial charge in [0.1, 0.15) is 0 Å². The fourth-order valence-corrected chi connectivity index (χ4v) is 5.22. The van der Waals surface area contributed by atoms with E-state index in [-0.39, 0.29) is 10.5 Å². The van der Waals surface area contributed by atoms with Gasteiger partial charge in [0.15, 0.2) is 14.3 Å². The second kappa shape index (κ2) is 6.55. The van der Waals surface area contributed by atoms with Crippen molar-refractivity contribution in [3.8, 4) is 4.90 Å². The molecule has 0 N–H and O–H groups in total. The molecule has 0 fully saturated rings. The van der Waals surface area contributed by atoms with Crippen LogP contribution in [-0.4, -0.2) is 0 Å². The molecule has 0 saturated carbocycles. The SMILES string of the molecule is CC.Sc1ccc(-[s+]2c3ccccc3c3ccccc32)cc1. The Hall–Kier alpha value is -1.77. The Morgan fingerprint density at radius 3 is 1.59 bits per heavy atom. The van der Waals surface area contributed by atoms with Gasteiger partial charge in [-0.1, -0.05) is 38.1 Å². The fourth-order valence-electron chi connectivity index (χ4n) is 2.69. The zero-order valence-electron chi connectivity index (χ0n) is 12.8. The molecule has 0 nitrogen and oxygen atoms in total. The van der Waals surface area contributed by atoms with Crippen LogP contribution in [0, 0.1) is 0 Å². The topological polar surface area (TPSA) is 0 Å². The average molecular weight is 324 g/mol. The van der Waals surface area contributed by atoms with Crippen molar-refractivity contribution < 1.29 is 0 Å². The van der Waals surface area contributed by atoms with Gasteiger partial charge in [-0.3, -0.25) is 0 Å². The van der Waals surface area contributed by atoms with Crippen LogP contribution in [0.2, 0.25) is 0 Å². The number of benzene rings is 3. The lowest BCUT2D eigenvalue weighted by Crippen LogP contribution is -1.70. The molecular formula is C20H19S2+. The maximum absolute atomic E-state index is 4.39. The molecule has 0 atom stereocenters. The van der Waals surface area contributed by atoms with Crippen molar-refractivity contribution in [2.45, 2.75) is 18.7 Å². The van der Waals surface area contributed by atoms with E-state index in [1.165, 1.54) is 25.1 Å². The summed E-state index contributed by atoms with van der Waals surface area (Å²) in [4.78, 5) is 2.37. The van der Waals surface area contributed by atoms with Crippen molar-refractivity contribution >= 4 is 43.3 Å². The molecule has 0 amide bonds. The summed E-state index contributed by atoms with van der Waals surface area (Å²) in [6.45, 7) is 4.00. The Bertz CT molecular complexity index is 849. The smallest absolute Gasteiger partial charge is 0.143 e. The summed E-state index contributed by atoms with van der Waals surface area (Å²) in [6, 6.07) is 26.1. The molecule has 1 heterocycles. The molecule has 0 bridgehead atoms. The molecule has 4 aromatic rings. The van der Waals surface area contributed by atoms with Crippen LogP contribution in [0.3, 0.4) is 0 Å². The lowest BCUT2D eigenvalue weighted by atomic mass is 10.2. The van der Waals surface area contributed by atoms with Crippen LogP contribution < -0.4 is 0 Å². The highest BCUT2D eigenvalue weighted by atomic mass is 32.2. The van der Waals surface area contributed by atoms with Crippen molar-refractivity contribution in [3.05, 3.63) is 72.8 Å². The number of hydrogen-bond acceptors (Lipinski definition) is 1. The van der Waals surface area contributed by atoms with Gasteiger partial charge in [0, 0.05) is 26.1 Å². The van der Waals surface area contributed by atoms with Crippen LogP contribution in [0.4, 0.5) is 0 Å². The van der Waals surface area contributed by atoms with Gasteiger partial charge in [-0.05, 0) is 48.5 Å². The molecule has 1 aromatic heterocycles. The molecule has 2 heteroatoms. The largest absolute Gasteiger partial charge is 0.187 e. The van der Waals surface area contributed by atoms with Crippen molar-refractivity contribution in [1.82, 2.24) is 0 Å². The van der Waals surface area contributed by atoms with Gasteiger partial charge < -0.3 is 0 Å². The summed E-state index contributed by atoms with van der Waals surface area (Å²) < 4.78 is 2.86. The molecule has 3 aromatic carbocycles. The van der Waals surface area contributed by atoms with Crippen LogP contribution in [0.1, 0.15) is 13.8 Å². The first-order chi connectivity index (χ1) is 10.8. The minimum Gasteiger partial charge on any atom is -0.143 e. The summed E-state index contributed by atoms with van der Waals surface area (Å²) in [7, 11) is 0.0172. The average Bonchev–Trinajstić information content (AvgIpc) is 2.92. The molecule has 0 aliphatic heterocycles. The molecule has 0 spiro atoms. The lowest BCUT2D eigenvalue weighted by Gasteiger charge is -1.94. The van der Waals surface area contributed by atoms with Crippen molar-refractivity contribution in [2.24, 2.45) is 0 Å². The molecule has 0 aliphatic carbocycles. The van der Waals surface area contributed by atoms with Gasteiger partial charge in [-0.15, -0.1) is 12.6 Å². The van der Waals surface area contributed by atoms with Crippen LogP contribution >= 0.6 is 23.1 Å². The first kappa shape index (κ1) is 15.1. The first-order valence-corrected chi connectivity index (χ1v) is 9.23.